The van der Waals surface area contributed by atoms with Crippen molar-refractivity contribution in [1.82, 2.24) is 15.1 Å². The van der Waals surface area contributed by atoms with Crippen LogP contribution >= 0.6 is 0 Å². The second-order valence-electron chi connectivity index (χ2n) is 8.09. The van der Waals surface area contributed by atoms with Gasteiger partial charge in [-0.1, -0.05) is 18.2 Å². The van der Waals surface area contributed by atoms with Gasteiger partial charge in [0.25, 0.3) is 0 Å². The third kappa shape index (κ3) is 7.19. The highest BCUT2D eigenvalue weighted by atomic mass is 16.5. The molecular weight excluding hydrogens is 364 g/mol. The van der Waals surface area contributed by atoms with E-state index in [-0.39, 0.29) is 0 Å². The molecule has 0 radical (unpaired) electrons. The minimum atomic E-state index is 0.299. The molecule has 2 heterocycles. The van der Waals surface area contributed by atoms with Crippen molar-refractivity contribution in [2.24, 2.45) is 10.9 Å². The summed E-state index contributed by atoms with van der Waals surface area (Å²) >= 11 is 0. The van der Waals surface area contributed by atoms with E-state index < -0.39 is 0 Å². The number of nitrogens with one attached hydrogen (secondary N) is 1. The maximum absolute atomic E-state index is 6.14. The minimum absolute atomic E-state index is 0.299. The van der Waals surface area contributed by atoms with Crippen molar-refractivity contribution in [1.29, 1.82) is 0 Å². The molecule has 0 bridgehead atoms. The van der Waals surface area contributed by atoms with Crippen LogP contribution in [-0.2, 0) is 4.74 Å². The summed E-state index contributed by atoms with van der Waals surface area (Å²) in [5, 5.41) is 3.50. The molecular formula is C23H38N4O2. The monoisotopic (exact) mass is 402 g/mol. The van der Waals surface area contributed by atoms with Crippen LogP contribution in [0.2, 0.25) is 0 Å². The maximum atomic E-state index is 6.14. The fraction of sp³-hybridized carbons (Fsp3) is 0.696. The molecule has 2 saturated heterocycles. The smallest absolute Gasteiger partial charge is 0.193 e. The molecule has 6 heteroatoms. The van der Waals surface area contributed by atoms with Gasteiger partial charge in [-0.3, -0.25) is 4.99 Å². The number of methoxy groups -OCH3 is 1. The van der Waals surface area contributed by atoms with Gasteiger partial charge in [0, 0.05) is 52.7 Å². The molecule has 3 rings (SSSR count). The van der Waals surface area contributed by atoms with Crippen LogP contribution in [0.5, 0.6) is 5.75 Å². The van der Waals surface area contributed by atoms with Crippen LogP contribution in [0.25, 0.3) is 0 Å². The Hall–Kier alpha value is -1.79. The lowest BCUT2D eigenvalue weighted by molar-refractivity contribution is 0.121. The zero-order valence-corrected chi connectivity index (χ0v) is 18.2. The third-order valence-corrected chi connectivity index (χ3v) is 5.94. The molecule has 0 unspecified atom stereocenters. The maximum Gasteiger partial charge on any atom is 0.193 e. The second-order valence-corrected chi connectivity index (χ2v) is 8.09. The number of piperidine rings is 2. The second kappa shape index (κ2) is 12.0. The van der Waals surface area contributed by atoms with E-state index >= 15 is 0 Å². The van der Waals surface area contributed by atoms with E-state index in [0.717, 1.165) is 63.9 Å². The molecule has 0 amide bonds. The summed E-state index contributed by atoms with van der Waals surface area (Å²) < 4.78 is 11.3. The molecule has 29 heavy (non-hydrogen) atoms. The standard InChI is InChI=1S/C23H38N4O2/c1-3-24-23(25-19-20-9-13-26(14-10-20)17-18-28-2)27-15-11-22(12-16-27)29-21-7-5-4-6-8-21/h4-8,20,22H,3,9-19H2,1-2H3,(H,24,25). The van der Waals surface area contributed by atoms with E-state index in [1.165, 1.54) is 25.9 Å². The molecule has 0 atom stereocenters. The lowest BCUT2D eigenvalue weighted by atomic mass is 9.97. The Balaban J connectivity index is 1.44. The molecule has 0 saturated carbocycles. The summed E-state index contributed by atoms with van der Waals surface area (Å²) in [5.74, 6) is 2.75. The van der Waals surface area contributed by atoms with Gasteiger partial charge in [0.2, 0.25) is 0 Å². The molecule has 6 nitrogen and oxygen atoms in total. The van der Waals surface area contributed by atoms with Gasteiger partial charge >= 0.3 is 0 Å². The molecule has 2 aliphatic heterocycles. The third-order valence-electron chi connectivity index (χ3n) is 5.94. The fourth-order valence-electron chi connectivity index (χ4n) is 4.13. The highest BCUT2D eigenvalue weighted by molar-refractivity contribution is 5.80. The van der Waals surface area contributed by atoms with E-state index in [4.69, 9.17) is 14.5 Å². The zero-order chi connectivity index (χ0) is 20.3. The number of nitrogens with zero attached hydrogens (tertiary/aromatic N) is 3. The summed E-state index contributed by atoms with van der Waals surface area (Å²) in [6.07, 6.45) is 4.85. The van der Waals surface area contributed by atoms with Crippen LogP contribution in [-0.4, -0.2) is 81.4 Å². The van der Waals surface area contributed by atoms with Crippen molar-refractivity contribution < 1.29 is 9.47 Å². The Bertz CT molecular complexity index is 594. The van der Waals surface area contributed by atoms with E-state index in [1.54, 1.807) is 7.11 Å². The molecule has 2 aliphatic rings. The number of hydrogen-bond acceptors (Lipinski definition) is 4. The Kier molecular flexibility index (Phi) is 9.09. The summed E-state index contributed by atoms with van der Waals surface area (Å²) in [6.45, 7) is 10.2. The number of guanidine groups is 1. The van der Waals surface area contributed by atoms with Crippen LogP contribution in [0.15, 0.2) is 35.3 Å². The van der Waals surface area contributed by atoms with Gasteiger partial charge in [-0.25, -0.2) is 0 Å². The lowest BCUT2D eigenvalue weighted by Crippen LogP contribution is -2.47. The van der Waals surface area contributed by atoms with Crippen molar-refractivity contribution in [2.45, 2.75) is 38.7 Å². The van der Waals surface area contributed by atoms with E-state index in [9.17, 15) is 0 Å². The predicted molar refractivity (Wildman–Crippen MR) is 119 cm³/mol. The normalized spacial score (nSPS) is 20.1. The Morgan fingerprint density at radius 1 is 1.07 bits per heavy atom. The summed E-state index contributed by atoms with van der Waals surface area (Å²) in [4.78, 5) is 9.92. The van der Waals surface area contributed by atoms with Crippen molar-refractivity contribution in [3.05, 3.63) is 30.3 Å². The molecule has 2 fully saturated rings. The van der Waals surface area contributed by atoms with E-state index in [1.807, 2.05) is 30.3 Å². The van der Waals surface area contributed by atoms with Crippen molar-refractivity contribution >= 4 is 5.96 Å². The molecule has 162 valence electrons. The van der Waals surface area contributed by atoms with Crippen LogP contribution in [0.3, 0.4) is 0 Å². The van der Waals surface area contributed by atoms with Crippen LogP contribution in [0.4, 0.5) is 0 Å². The number of aliphatic imine (C=N–C) groups is 1. The summed E-state index contributed by atoms with van der Waals surface area (Å²) in [7, 11) is 1.78. The topological polar surface area (TPSA) is 49.3 Å². The van der Waals surface area contributed by atoms with Crippen molar-refractivity contribution in [3.8, 4) is 5.75 Å². The average molecular weight is 403 g/mol. The van der Waals surface area contributed by atoms with E-state index in [0.29, 0.717) is 12.0 Å². The van der Waals surface area contributed by atoms with Gasteiger partial charge < -0.3 is 24.6 Å². The van der Waals surface area contributed by atoms with Crippen molar-refractivity contribution in [2.75, 3.05) is 59.5 Å². The summed E-state index contributed by atoms with van der Waals surface area (Å²) in [5.41, 5.74) is 0. The fourth-order valence-corrected chi connectivity index (χ4v) is 4.13. The van der Waals surface area contributed by atoms with Gasteiger partial charge in [0.05, 0.1) is 6.61 Å². The lowest BCUT2D eigenvalue weighted by Gasteiger charge is -2.35. The van der Waals surface area contributed by atoms with Gasteiger partial charge in [-0.2, -0.15) is 0 Å². The minimum Gasteiger partial charge on any atom is -0.490 e. The zero-order valence-electron chi connectivity index (χ0n) is 18.2. The van der Waals surface area contributed by atoms with E-state index in [2.05, 4.69) is 22.0 Å². The number of benzene rings is 1. The Labute approximate surface area is 176 Å². The SMILES string of the molecule is CCNC(=NCC1CCN(CCOC)CC1)N1CCC(Oc2ccccc2)CC1. The molecule has 0 aliphatic carbocycles. The van der Waals surface area contributed by atoms with Gasteiger partial charge in [0.1, 0.15) is 11.9 Å². The first-order valence-corrected chi connectivity index (χ1v) is 11.2. The highest BCUT2D eigenvalue weighted by Gasteiger charge is 2.24. The Morgan fingerprint density at radius 2 is 1.79 bits per heavy atom. The largest absolute Gasteiger partial charge is 0.490 e. The van der Waals surface area contributed by atoms with Crippen LogP contribution < -0.4 is 10.1 Å². The molecule has 0 spiro atoms. The average Bonchev–Trinajstić information content (AvgIpc) is 2.77. The number of ether oxygens (including phenoxy) is 2. The number of hydrogen-bond donors (Lipinski definition) is 1. The molecule has 1 N–H and O–H groups in total. The Morgan fingerprint density at radius 3 is 2.45 bits per heavy atom. The van der Waals surface area contributed by atoms with Crippen LogP contribution in [0.1, 0.15) is 32.6 Å². The number of para-hydroxylation sites is 1. The molecule has 1 aromatic rings. The molecule has 1 aromatic carbocycles. The number of rotatable bonds is 8. The van der Waals surface area contributed by atoms with Gasteiger partial charge in [-0.05, 0) is 50.9 Å². The molecule has 0 aromatic heterocycles. The van der Waals surface area contributed by atoms with Gasteiger partial charge in [-0.15, -0.1) is 0 Å². The van der Waals surface area contributed by atoms with Gasteiger partial charge in [0.15, 0.2) is 5.96 Å². The predicted octanol–water partition coefficient (Wildman–Crippen LogP) is 2.85. The quantitative estimate of drug-likeness (QED) is 0.535. The van der Waals surface area contributed by atoms with Crippen LogP contribution in [0, 0.1) is 5.92 Å². The highest BCUT2D eigenvalue weighted by Crippen LogP contribution is 2.20. The summed E-state index contributed by atoms with van der Waals surface area (Å²) in [6, 6.07) is 10.2. The first-order valence-electron chi connectivity index (χ1n) is 11.2. The first kappa shape index (κ1) is 21.9. The number of likely N-dealkylation sites (tertiary alicyclic amines) is 2. The van der Waals surface area contributed by atoms with Crippen molar-refractivity contribution in [3.63, 3.8) is 0 Å². The first-order chi connectivity index (χ1) is 14.3.